The fraction of sp³-hybridized carbons (Fsp3) is 0.346. The van der Waals surface area contributed by atoms with Gasteiger partial charge in [-0.1, -0.05) is 36.7 Å². The summed E-state index contributed by atoms with van der Waals surface area (Å²) >= 11 is 6.22. The van der Waals surface area contributed by atoms with Crippen LogP contribution in [0.25, 0.3) is 11.4 Å². The molecular weight excluding hydrogens is 438 g/mol. The maximum atomic E-state index is 10.9. The molecule has 0 spiro atoms. The third-order valence-electron chi connectivity index (χ3n) is 5.88. The Labute approximate surface area is 199 Å². The Morgan fingerprint density at radius 3 is 2.85 bits per heavy atom. The highest BCUT2D eigenvalue weighted by Crippen LogP contribution is 2.27. The lowest BCUT2D eigenvalue weighted by atomic mass is 10.0. The molecule has 1 unspecified atom stereocenters. The number of carbonyl (C=O) groups is 1. The molecule has 0 aliphatic carbocycles. The number of hydrogen-bond donors (Lipinski definition) is 1. The van der Waals surface area contributed by atoms with Crippen molar-refractivity contribution < 1.29 is 14.6 Å². The first-order valence-corrected chi connectivity index (χ1v) is 11.5. The Hall–Kier alpha value is -2.96. The SMILES string of the molecule is Cc1cc(-c2ncc3c(n2)CCN(CC(C)CC(=O)O)C3)ccc1OCc1ccccc1Cl. The Morgan fingerprint density at radius 2 is 2.09 bits per heavy atom. The van der Waals surface area contributed by atoms with E-state index in [0.29, 0.717) is 17.5 Å². The van der Waals surface area contributed by atoms with Crippen LogP contribution in [0.2, 0.25) is 5.02 Å². The molecule has 0 radical (unpaired) electrons. The van der Waals surface area contributed by atoms with E-state index in [1.54, 1.807) is 0 Å². The van der Waals surface area contributed by atoms with Crippen molar-refractivity contribution in [3.05, 3.63) is 76.1 Å². The molecule has 1 aliphatic rings. The summed E-state index contributed by atoms with van der Waals surface area (Å²) in [6.45, 7) is 6.81. The zero-order valence-corrected chi connectivity index (χ0v) is 19.7. The lowest BCUT2D eigenvalue weighted by Crippen LogP contribution is -2.35. The van der Waals surface area contributed by atoms with Crippen molar-refractivity contribution in [1.82, 2.24) is 14.9 Å². The molecule has 1 atom stereocenters. The second kappa shape index (κ2) is 10.3. The van der Waals surface area contributed by atoms with Gasteiger partial charge in [0.05, 0.1) is 5.69 Å². The van der Waals surface area contributed by atoms with E-state index < -0.39 is 5.97 Å². The lowest BCUT2D eigenvalue weighted by Gasteiger charge is -2.29. The number of hydrogen-bond acceptors (Lipinski definition) is 5. The Morgan fingerprint density at radius 1 is 1.27 bits per heavy atom. The number of carboxylic acid groups (broad SMARTS) is 1. The average Bonchev–Trinajstić information content (AvgIpc) is 2.78. The first-order valence-electron chi connectivity index (χ1n) is 11.1. The van der Waals surface area contributed by atoms with Crippen molar-refractivity contribution in [3.8, 4) is 17.1 Å². The minimum atomic E-state index is -0.747. The normalized spacial score (nSPS) is 14.5. The molecule has 1 aromatic heterocycles. The van der Waals surface area contributed by atoms with Gasteiger partial charge in [0.2, 0.25) is 0 Å². The van der Waals surface area contributed by atoms with Crippen LogP contribution in [0.1, 0.15) is 35.7 Å². The van der Waals surface area contributed by atoms with E-state index in [0.717, 1.165) is 59.8 Å². The van der Waals surface area contributed by atoms with Crippen LogP contribution in [0.5, 0.6) is 5.75 Å². The number of carboxylic acids is 1. The predicted octanol–water partition coefficient (Wildman–Crippen LogP) is 5.15. The maximum absolute atomic E-state index is 10.9. The number of nitrogens with zero attached hydrogens (tertiary/aromatic N) is 3. The van der Waals surface area contributed by atoms with Crippen LogP contribution in [0, 0.1) is 12.8 Å². The summed E-state index contributed by atoms with van der Waals surface area (Å²) < 4.78 is 5.98. The molecule has 6 nitrogen and oxygen atoms in total. The molecule has 0 fully saturated rings. The van der Waals surface area contributed by atoms with Crippen molar-refractivity contribution in [2.45, 2.75) is 39.8 Å². The number of halogens is 1. The molecule has 7 heteroatoms. The summed E-state index contributed by atoms with van der Waals surface area (Å²) in [5, 5.41) is 9.69. The van der Waals surface area contributed by atoms with Gasteiger partial charge in [-0.25, -0.2) is 9.97 Å². The number of aryl methyl sites for hydroxylation is 1. The molecule has 2 aromatic carbocycles. The van der Waals surface area contributed by atoms with E-state index in [1.807, 2.05) is 62.5 Å². The molecule has 0 bridgehead atoms. The highest BCUT2D eigenvalue weighted by atomic mass is 35.5. The van der Waals surface area contributed by atoms with Gasteiger partial charge in [0.1, 0.15) is 12.4 Å². The molecule has 172 valence electrons. The number of rotatable bonds is 8. The average molecular weight is 466 g/mol. The molecule has 2 heterocycles. The number of aliphatic carboxylic acids is 1. The third-order valence-corrected chi connectivity index (χ3v) is 6.25. The van der Waals surface area contributed by atoms with Gasteiger partial charge >= 0.3 is 5.97 Å². The van der Waals surface area contributed by atoms with E-state index in [2.05, 4.69) is 9.88 Å². The van der Waals surface area contributed by atoms with E-state index in [-0.39, 0.29) is 12.3 Å². The van der Waals surface area contributed by atoms with Crippen molar-refractivity contribution in [2.75, 3.05) is 13.1 Å². The summed E-state index contributed by atoms with van der Waals surface area (Å²) in [6, 6.07) is 13.7. The monoisotopic (exact) mass is 465 g/mol. The molecular formula is C26H28ClN3O3. The Kier molecular flexibility index (Phi) is 7.26. The molecule has 0 amide bonds. The Balaban J connectivity index is 1.42. The molecule has 4 rings (SSSR count). The van der Waals surface area contributed by atoms with E-state index in [4.69, 9.17) is 26.4 Å². The fourth-order valence-electron chi connectivity index (χ4n) is 4.19. The number of ether oxygens (including phenoxy) is 1. The molecule has 33 heavy (non-hydrogen) atoms. The van der Waals surface area contributed by atoms with Crippen molar-refractivity contribution in [3.63, 3.8) is 0 Å². The fourth-order valence-corrected chi connectivity index (χ4v) is 4.38. The van der Waals surface area contributed by atoms with Crippen molar-refractivity contribution in [1.29, 1.82) is 0 Å². The Bertz CT molecular complexity index is 1150. The van der Waals surface area contributed by atoms with E-state index >= 15 is 0 Å². The molecule has 1 aliphatic heterocycles. The van der Waals surface area contributed by atoms with Crippen LogP contribution in [-0.4, -0.2) is 39.0 Å². The predicted molar refractivity (Wildman–Crippen MR) is 128 cm³/mol. The van der Waals surface area contributed by atoms with Gasteiger partial charge in [-0.2, -0.15) is 0 Å². The summed E-state index contributed by atoms with van der Waals surface area (Å²) in [5.41, 5.74) is 5.10. The second-order valence-electron chi connectivity index (χ2n) is 8.71. The van der Waals surface area contributed by atoms with Crippen LogP contribution in [0.3, 0.4) is 0 Å². The second-order valence-corrected chi connectivity index (χ2v) is 9.12. The van der Waals surface area contributed by atoms with Gasteiger partial charge in [0, 0.05) is 60.4 Å². The summed E-state index contributed by atoms with van der Waals surface area (Å²) in [4.78, 5) is 22.7. The van der Waals surface area contributed by atoms with Crippen molar-refractivity contribution >= 4 is 17.6 Å². The number of aromatic nitrogens is 2. The number of fused-ring (bicyclic) bond motifs is 1. The van der Waals surface area contributed by atoms with Crippen LogP contribution in [0.15, 0.2) is 48.7 Å². The van der Waals surface area contributed by atoms with Crippen LogP contribution < -0.4 is 4.74 Å². The third kappa shape index (κ3) is 5.89. The van der Waals surface area contributed by atoms with E-state index in [9.17, 15) is 4.79 Å². The molecule has 0 saturated carbocycles. The van der Waals surface area contributed by atoms with Gasteiger partial charge in [0.25, 0.3) is 0 Å². The highest BCUT2D eigenvalue weighted by Gasteiger charge is 2.21. The standard InChI is InChI=1S/C26H28ClN3O3/c1-17(11-25(31)32)14-30-10-9-23-21(15-30)13-28-26(29-23)19-7-8-24(18(2)12-19)33-16-20-5-3-4-6-22(20)27/h3-8,12-13,17H,9-11,14-16H2,1-2H3,(H,31,32). The summed E-state index contributed by atoms with van der Waals surface area (Å²) in [7, 11) is 0. The van der Waals surface area contributed by atoms with Gasteiger partial charge < -0.3 is 9.84 Å². The molecule has 1 N–H and O–H groups in total. The minimum Gasteiger partial charge on any atom is -0.489 e. The summed E-state index contributed by atoms with van der Waals surface area (Å²) in [5.74, 6) is 0.888. The van der Waals surface area contributed by atoms with Crippen LogP contribution in [0.4, 0.5) is 0 Å². The quantitative estimate of drug-likeness (QED) is 0.495. The zero-order valence-electron chi connectivity index (χ0n) is 18.9. The van der Waals surface area contributed by atoms with Gasteiger partial charge in [-0.05, 0) is 42.7 Å². The maximum Gasteiger partial charge on any atom is 0.303 e. The van der Waals surface area contributed by atoms with Gasteiger partial charge in [0.15, 0.2) is 5.82 Å². The highest BCUT2D eigenvalue weighted by molar-refractivity contribution is 6.31. The smallest absolute Gasteiger partial charge is 0.303 e. The molecule has 3 aromatic rings. The van der Waals surface area contributed by atoms with Gasteiger partial charge in [-0.3, -0.25) is 9.69 Å². The minimum absolute atomic E-state index is 0.117. The first kappa shape index (κ1) is 23.2. The topological polar surface area (TPSA) is 75.6 Å². The first-order chi connectivity index (χ1) is 15.9. The number of benzene rings is 2. The van der Waals surface area contributed by atoms with Crippen LogP contribution in [-0.2, 0) is 24.4 Å². The zero-order chi connectivity index (χ0) is 23.4. The molecule has 0 saturated heterocycles. The van der Waals surface area contributed by atoms with Crippen molar-refractivity contribution in [2.24, 2.45) is 5.92 Å². The largest absolute Gasteiger partial charge is 0.489 e. The van der Waals surface area contributed by atoms with Gasteiger partial charge in [-0.15, -0.1) is 0 Å². The van der Waals surface area contributed by atoms with E-state index in [1.165, 1.54) is 0 Å². The van der Waals surface area contributed by atoms with Crippen LogP contribution >= 0.6 is 11.6 Å². The lowest BCUT2D eigenvalue weighted by molar-refractivity contribution is -0.138. The summed E-state index contributed by atoms with van der Waals surface area (Å²) in [6.07, 6.45) is 2.93.